The minimum atomic E-state index is -0.0553. The smallest absolute Gasteiger partial charge is 0.239 e. The lowest BCUT2D eigenvalue weighted by Crippen LogP contribution is -2.44. The van der Waals surface area contributed by atoms with E-state index in [0.29, 0.717) is 25.6 Å². The summed E-state index contributed by atoms with van der Waals surface area (Å²) in [7, 11) is 0. The first-order valence-electron chi connectivity index (χ1n) is 9.27. The molecule has 3 aliphatic rings. The van der Waals surface area contributed by atoms with Gasteiger partial charge in [-0.1, -0.05) is 23.7 Å². The Morgan fingerprint density at radius 3 is 2.81 bits per heavy atom. The van der Waals surface area contributed by atoms with Crippen LogP contribution in [-0.2, 0) is 14.3 Å². The summed E-state index contributed by atoms with van der Waals surface area (Å²) >= 11 is 5.96. The summed E-state index contributed by atoms with van der Waals surface area (Å²) in [6.45, 7) is 3.21. The largest absolute Gasteiger partial charge is 0.371 e. The van der Waals surface area contributed by atoms with E-state index in [1.807, 2.05) is 24.3 Å². The predicted octanol–water partition coefficient (Wildman–Crippen LogP) is 1.59. The van der Waals surface area contributed by atoms with Crippen molar-refractivity contribution >= 4 is 23.4 Å². The second kappa shape index (κ2) is 7.55. The number of halogens is 1. The van der Waals surface area contributed by atoms with E-state index in [-0.39, 0.29) is 30.5 Å². The van der Waals surface area contributed by atoms with Crippen LogP contribution in [0.2, 0.25) is 5.02 Å². The average Bonchev–Trinajstić information content (AvgIpc) is 3.20. The van der Waals surface area contributed by atoms with Crippen LogP contribution < -0.4 is 5.32 Å². The van der Waals surface area contributed by atoms with Crippen molar-refractivity contribution in [3.63, 3.8) is 0 Å². The van der Waals surface area contributed by atoms with Crippen LogP contribution in [0.15, 0.2) is 24.3 Å². The first kappa shape index (κ1) is 17.8. The van der Waals surface area contributed by atoms with Gasteiger partial charge in [0.05, 0.1) is 19.3 Å². The minimum Gasteiger partial charge on any atom is -0.371 e. The van der Waals surface area contributed by atoms with Crippen LogP contribution in [0.3, 0.4) is 0 Å². The molecule has 0 saturated carbocycles. The lowest BCUT2D eigenvalue weighted by molar-refractivity contribution is -0.133. The number of nitrogens with zero attached hydrogens (tertiary/aromatic N) is 2. The lowest BCUT2D eigenvalue weighted by Gasteiger charge is -2.35. The molecule has 1 aromatic rings. The highest BCUT2D eigenvalue weighted by Crippen LogP contribution is 2.30. The van der Waals surface area contributed by atoms with Crippen LogP contribution in [0.4, 0.5) is 0 Å². The molecule has 0 radical (unpaired) electrons. The van der Waals surface area contributed by atoms with Gasteiger partial charge in [0, 0.05) is 43.2 Å². The highest BCUT2D eigenvalue weighted by Gasteiger charge is 2.38. The first-order valence-corrected chi connectivity index (χ1v) is 9.64. The minimum absolute atomic E-state index is 0.0418. The van der Waals surface area contributed by atoms with E-state index in [2.05, 4.69) is 10.2 Å². The number of carbonyl (C=O) groups excluding carboxylic acids is 2. The zero-order chi connectivity index (χ0) is 18.1. The average molecular weight is 378 g/mol. The molecule has 0 aliphatic carbocycles. The number of benzene rings is 1. The molecule has 0 aromatic heterocycles. The van der Waals surface area contributed by atoms with E-state index >= 15 is 0 Å². The van der Waals surface area contributed by atoms with Crippen LogP contribution in [0.1, 0.15) is 30.9 Å². The molecule has 6 nitrogen and oxygen atoms in total. The monoisotopic (exact) mass is 377 g/mol. The first-order chi connectivity index (χ1) is 12.6. The highest BCUT2D eigenvalue weighted by atomic mass is 35.5. The number of ether oxygens (including phenoxy) is 1. The van der Waals surface area contributed by atoms with E-state index in [1.54, 1.807) is 4.90 Å². The van der Waals surface area contributed by atoms with Gasteiger partial charge in [-0.15, -0.1) is 0 Å². The van der Waals surface area contributed by atoms with Crippen molar-refractivity contribution in [2.75, 3.05) is 32.8 Å². The fourth-order valence-corrected chi connectivity index (χ4v) is 4.30. The van der Waals surface area contributed by atoms with Crippen LogP contribution in [0, 0.1) is 0 Å². The molecule has 0 unspecified atom stereocenters. The van der Waals surface area contributed by atoms with Gasteiger partial charge in [0.2, 0.25) is 11.8 Å². The SMILES string of the molecule is O=C(CN1CCCC1=O)N[C@@H]1C[C@H]2CO[C@@H](c3ccc(Cl)cc3)CN2C1. The van der Waals surface area contributed by atoms with Gasteiger partial charge in [-0.05, 0) is 30.5 Å². The zero-order valence-corrected chi connectivity index (χ0v) is 15.5. The summed E-state index contributed by atoms with van der Waals surface area (Å²) in [6.07, 6.45) is 2.36. The summed E-state index contributed by atoms with van der Waals surface area (Å²) in [4.78, 5) is 28.0. The number of fused-ring (bicyclic) bond motifs is 1. The fraction of sp³-hybridized carbons (Fsp3) is 0.579. The third-order valence-corrected chi connectivity index (χ3v) is 5.78. The molecular formula is C19H24ClN3O3. The summed E-state index contributed by atoms with van der Waals surface area (Å²) in [5, 5.41) is 3.82. The van der Waals surface area contributed by atoms with Crippen molar-refractivity contribution in [3.05, 3.63) is 34.9 Å². The molecule has 0 bridgehead atoms. The number of nitrogens with one attached hydrogen (secondary N) is 1. The van der Waals surface area contributed by atoms with Crippen LogP contribution in [-0.4, -0.2) is 66.5 Å². The second-order valence-electron chi connectivity index (χ2n) is 7.40. The molecule has 140 valence electrons. The Balaban J connectivity index is 1.29. The Kier molecular flexibility index (Phi) is 5.16. The normalized spacial score (nSPS) is 29.0. The summed E-state index contributed by atoms with van der Waals surface area (Å²) in [6, 6.07) is 8.26. The van der Waals surface area contributed by atoms with E-state index in [1.165, 1.54) is 0 Å². The summed E-state index contributed by atoms with van der Waals surface area (Å²) in [5.74, 6) is 0.0310. The van der Waals surface area contributed by atoms with E-state index in [9.17, 15) is 9.59 Å². The predicted molar refractivity (Wildman–Crippen MR) is 97.9 cm³/mol. The van der Waals surface area contributed by atoms with E-state index < -0.39 is 0 Å². The maximum absolute atomic E-state index is 12.3. The maximum atomic E-state index is 12.3. The molecule has 0 spiro atoms. The molecular weight excluding hydrogens is 354 g/mol. The fourth-order valence-electron chi connectivity index (χ4n) is 4.18. The Labute approximate surface area is 158 Å². The van der Waals surface area contributed by atoms with Crippen molar-refractivity contribution in [1.82, 2.24) is 15.1 Å². The molecule has 4 rings (SSSR count). The molecule has 1 N–H and O–H groups in total. The van der Waals surface area contributed by atoms with Gasteiger partial charge >= 0.3 is 0 Å². The molecule has 3 aliphatic heterocycles. The van der Waals surface area contributed by atoms with Gasteiger partial charge in [0.25, 0.3) is 0 Å². The topological polar surface area (TPSA) is 61.9 Å². The van der Waals surface area contributed by atoms with Crippen molar-refractivity contribution in [1.29, 1.82) is 0 Å². The van der Waals surface area contributed by atoms with E-state index in [0.717, 1.165) is 36.5 Å². The Morgan fingerprint density at radius 1 is 1.27 bits per heavy atom. The Bertz CT molecular complexity index is 681. The van der Waals surface area contributed by atoms with Crippen LogP contribution >= 0.6 is 11.6 Å². The van der Waals surface area contributed by atoms with Gasteiger partial charge in [0.1, 0.15) is 0 Å². The van der Waals surface area contributed by atoms with Gasteiger partial charge < -0.3 is 15.0 Å². The molecule has 26 heavy (non-hydrogen) atoms. The highest BCUT2D eigenvalue weighted by molar-refractivity contribution is 6.30. The standard InChI is InChI=1S/C19H24ClN3O3/c20-14-5-3-13(4-6-14)17-10-23-9-15(8-16(23)12-26-17)21-18(24)11-22-7-1-2-19(22)25/h3-6,15-17H,1-2,7-12H2,(H,21,24)/t15-,16+,17-/m1/s1. The van der Waals surface area contributed by atoms with Gasteiger partial charge in [-0.2, -0.15) is 0 Å². The zero-order valence-electron chi connectivity index (χ0n) is 14.7. The number of likely N-dealkylation sites (tertiary alicyclic amines) is 1. The quantitative estimate of drug-likeness (QED) is 0.865. The molecule has 1 aromatic carbocycles. The third-order valence-electron chi connectivity index (χ3n) is 5.53. The van der Waals surface area contributed by atoms with Crippen molar-refractivity contribution in [3.8, 4) is 0 Å². The van der Waals surface area contributed by atoms with Crippen molar-refractivity contribution < 1.29 is 14.3 Å². The number of carbonyl (C=O) groups is 2. The Hall–Kier alpha value is -1.63. The Morgan fingerprint density at radius 2 is 2.08 bits per heavy atom. The number of rotatable bonds is 4. The number of hydrogen-bond donors (Lipinski definition) is 1. The molecule has 3 atom stereocenters. The van der Waals surface area contributed by atoms with Gasteiger partial charge in [-0.3, -0.25) is 14.5 Å². The van der Waals surface area contributed by atoms with Crippen molar-refractivity contribution in [2.24, 2.45) is 0 Å². The number of morpholine rings is 1. The molecule has 3 heterocycles. The van der Waals surface area contributed by atoms with Crippen LogP contribution in [0.25, 0.3) is 0 Å². The second-order valence-corrected chi connectivity index (χ2v) is 7.84. The third kappa shape index (κ3) is 3.87. The molecule has 3 saturated heterocycles. The van der Waals surface area contributed by atoms with Crippen LogP contribution in [0.5, 0.6) is 0 Å². The summed E-state index contributed by atoms with van der Waals surface area (Å²) < 4.78 is 6.04. The molecule has 2 amide bonds. The number of amides is 2. The van der Waals surface area contributed by atoms with Gasteiger partial charge in [0.15, 0.2) is 0 Å². The molecule has 3 fully saturated rings. The lowest BCUT2D eigenvalue weighted by atomic mass is 10.1. The maximum Gasteiger partial charge on any atom is 0.239 e. The molecule has 7 heteroatoms. The summed E-state index contributed by atoms with van der Waals surface area (Å²) in [5.41, 5.74) is 1.13. The van der Waals surface area contributed by atoms with E-state index in [4.69, 9.17) is 16.3 Å². The van der Waals surface area contributed by atoms with Gasteiger partial charge in [-0.25, -0.2) is 0 Å². The van der Waals surface area contributed by atoms with Crippen molar-refractivity contribution in [2.45, 2.75) is 37.5 Å². The number of hydrogen-bond acceptors (Lipinski definition) is 4.